The molecule has 0 spiro atoms. The van der Waals surface area contributed by atoms with Gasteiger partial charge in [0.2, 0.25) is 15.9 Å². The molecule has 3 rings (SSSR count). The van der Waals surface area contributed by atoms with Gasteiger partial charge in [-0.25, -0.2) is 12.8 Å². The van der Waals surface area contributed by atoms with Gasteiger partial charge in [-0.3, -0.25) is 4.79 Å². The van der Waals surface area contributed by atoms with Gasteiger partial charge in [0.15, 0.2) is 0 Å². The second-order valence-corrected chi connectivity index (χ2v) is 8.16. The predicted octanol–water partition coefficient (Wildman–Crippen LogP) is 3.23. The normalized spacial score (nSPS) is 12.0. The Hall–Kier alpha value is -3.54. The predicted molar refractivity (Wildman–Crippen MR) is 110 cm³/mol. The lowest BCUT2D eigenvalue weighted by Gasteiger charge is -2.19. The van der Waals surface area contributed by atoms with Gasteiger partial charge in [-0.1, -0.05) is 48.5 Å². The van der Waals surface area contributed by atoms with E-state index in [1.54, 1.807) is 48.5 Å². The number of hydrogen-bond acceptors (Lipinski definition) is 4. The summed E-state index contributed by atoms with van der Waals surface area (Å²) in [5.74, 6) is -1.54. The number of sulfonamides is 1. The van der Waals surface area contributed by atoms with E-state index in [0.717, 1.165) is 17.7 Å². The molecule has 0 aliphatic rings. The number of nitriles is 1. The van der Waals surface area contributed by atoms with Crippen LogP contribution in [0, 0.1) is 17.1 Å². The lowest BCUT2D eigenvalue weighted by Crippen LogP contribution is -2.45. The molecule has 0 bridgehead atoms. The highest BCUT2D eigenvalue weighted by Gasteiger charge is 2.28. The molecule has 0 heterocycles. The van der Waals surface area contributed by atoms with Crippen LogP contribution in [0.1, 0.15) is 11.1 Å². The lowest BCUT2D eigenvalue weighted by molar-refractivity contribution is -0.117. The second kappa shape index (κ2) is 9.31. The van der Waals surface area contributed by atoms with E-state index in [-0.39, 0.29) is 6.42 Å². The molecule has 1 unspecified atom stereocenters. The zero-order valence-corrected chi connectivity index (χ0v) is 16.6. The Morgan fingerprint density at radius 1 is 1.00 bits per heavy atom. The summed E-state index contributed by atoms with van der Waals surface area (Å²) in [7, 11) is -4.30. The third kappa shape index (κ3) is 5.29. The fourth-order valence-electron chi connectivity index (χ4n) is 2.85. The highest BCUT2D eigenvalue weighted by atomic mass is 32.2. The maximum atomic E-state index is 14.0. The van der Waals surface area contributed by atoms with Crippen molar-refractivity contribution in [3.05, 3.63) is 95.8 Å². The highest BCUT2D eigenvalue weighted by molar-refractivity contribution is 7.89. The van der Waals surface area contributed by atoms with Crippen molar-refractivity contribution in [1.29, 1.82) is 5.26 Å². The topological polar surface area (TPSA) is 99.1 Å². The molecule has 8 heteroatoms. The van der Waals surface area contributed by atoms with Gasteiger partial charge in [0.1, 0.15) is 16.8 Å². The number of nitrogens with one attached hydrogen (secondary N) is 2. The quantitative estimate of drug-likeness (QED) is 0.609. The number of hydrogen-bond donors (Lipinski definition) is 2. The summed E-state index contributed by atoms with van der Waals surface area (Å²) in [5, 5.41) is 11.6. The van der Waals surface area contributed by atoms with Crippen LogP contribution in [0.5, 0.6) is 0 Å². The monoisotopic (exact) mass is 423 g/mol. The first-order valence-corrected chi connectivity index (χ1v) is 10.5. The number of benzene rings is 3. The molecular weight excluding hydrogens is 405 g/mol. The van der Waals surface area contributed by atoms with Crippen LogP contribution in [-0.2, 0) is 21.2 Å². The standard InChI is InChI=1S/C22H18FN3O3S/c23-19-11-4-5-12-21(19)30(28,29)26-20(14-16-7-2-1-3-8-16)22(27)25-18-10-6-9-17(13-18)15-24/h1-13,20,26H,14H2,(H,25,27). The molecule has 3 aromatic carbocycles. The van der Waals surface area contributed by atoms with Crippen LogP contribution >= 0.6 is 0 Å². The number of anilines is 1. The van der Waals surface area contributed by atoms with Crippen LogP contribution in [-0.4, -0.2) is 20.4 Å². The lowest BCUT2D eigenvalue weighted by atomic mass is 10.1. The SMILES string of the molecule is N#Cc1cccc(NC(=O)C(Cc2ccccc2)NS(=O)(=O)c2ccccc2F)c1. The van der Waals surface area contributed by atoms with Gasteiger partial charge in [-0.05, 0) is 42.3 Å². The molecule has 0 radical (unpaired) electrons. The molecule has 2 N–H and O–H groups in total. The van der Waals surface area contributed by atoms with E-state index in [0.29, 0.717) is 11.3 Å². The maximum Gasteiger partial charge on any atom is 0.244 e. The van der Waals surface area contributed by atoms with Crippen molar-refractivity contribution in [3.8, 4) is 6.07 Å². The van der Waals surface area contributed by atoms with Gasteiger partial charge < -0.3 is 5.32 Å². The zero-order chi connectivity index (χ0) is 21.6. The molecule has 6 nitrogen and oxygen atoms in total. The number of carbonyl (C=O) groups is 1. The molecular formula is C22H18FN3O3S. The van der Waals surface area contributed by atoms with E-state index in [1.807, 2.05) is 6.07 Å². The number of nitrogens with zero attached hydrogens (tertiary/aromatic N) is 1. The Kier molecular flexibility index (Phi) is 6.57. The van der Waals surface area contributed by atoms with Gasteiger partial charge in [-0.2, -0.15) is 9.98 Å². The molecule has 0 aromatic heterocycles. The second-order valence-electron chi connectivity index (χ2n) is 6.48. The molecule has 152 valence electrons. The fourth-order valence-corrected chi connectivity index (χ4v) is 4.12. The first kappa shape index (κ1) is 21.2. The van der Waals surface area contributed by atoms with Crippen LogP contribution in [0.2, 0.25) is 0 Å². The van der Waals surface area contributed by atoms with E-state index < -0.39 is 32.7 Å². The van der Waals surface area contributed by atoms with Crippen LogP contribution in [0.4, 0.5) is 10.1 Å². The third-order valence-corrected chi connectivity index (χ3v) is 5.79. The zero-order valence-electron chi connectivity index (χ0n) is 15.7. The first-order chi connectivity index (χ1) is 14.4. The van der Waals surface area contributed by atoms with Crippen molar-refractivity contribution >= 4 is 21.6 Å². The molecule has 30 heavy (non-hydrogen) atoms. The number of rotatable bonds is 7. The number of amides is 1. The molecule has 0 saturated heterocycles. The largest absolute Gasteiger partial charge is 0.325 e. The summed E-state index contributed by atoms with van der Waals surface area (Å²) in [4.78, 5) is 12.4. The summed E-state index contributed by atoms with van der Waals surface area (Å²) in [6, 6.07) is 20.8. The highest BCUT2D eigenvalue weighted by Crippen LogP contribution is 2.16. The molecule has 1 amide bonds. The van der Waals surface area contributed by atoms with E-state index in [1.165, 1.54) is 18.2 Å². The van der Waals surface area contributed by atoms with Crippen molar-refractivity contribution in [2.24, 2.45) is 0 Å². The van der Waals surface area contributed by atoms with E-state index >= 15 is 0 Å². The van der Waals surface area contributed by atoms with Crippen LogP contribution in [0.3, 0.4) is 0 Å². The van der Waals surface area contributed by atoms with Gasteiger partial charge in [0.25, 0.3) is 0 Å². The number of halogens is 1. The molecule has 0 aliphatic heterocycles. The van der Waals surface area contributed by atoms with E-state index in [2.05, 4.69) is 10.0 Å². The fraction of sp³-hybridized carbons (Fsp3) is 0.0909. The Morgan fingerprint density at radius 2 is 1.70 bits per heavy atom. The Morgan fingerprint density at radius 3 is 2.40 bits per heavy atom. The van der Waals surface area contributed by atoms with Crippen molar-refractivity contribution < 1.29 is 17.6 Å². The average molecular weight is 423 g/mol. The Balaban J connectivity index is 1.89. The maximum absolute atomic E-state index is 14.0. The van der Waals surface area contributed by atoms with Crippen molar-refractivity contribution in [2.75, 3.05) is 5.32 Å². The summed E-state index contributed by atoms with van der Waals surface area (Å²) >= 11 is 0. The smallest absolute Gasteiger partial charge is 0.244 e. The first-order valence-electron chi connectivity index (χ1n) is 9.01. The molecule has 0 fully saturated rings. The molecule has 0 saturated carbocycles. The van der Waals surface area contributed by atoms with Gasteiger partial charge >= 0.3 is 0 Å². The molecule has 0 aliphatic carbocycles. The van der Waals surface area contributed by atoms with Crippen LogP contribution in [0.25, 0.3) is 0 Å². The Labute approximate surface area is 174 Å². The minimum absolute atomic E-state index is 0.0539. The summed E-state index contributed by atoms with van der Waals surface area (Å²) in [5.41, 5.74) is 1.42. The summed E-state index contributed by atoms with van der Waals surface area (Å²) in [6.45, 7) is 0. The van der Waals surface area contributed by atoms with Gasteiger partial charge in [0, 0.05) is 5.69 Å². The van der Waals surface area contributed by atoms with Crippen LogP contribution < -0.4 is 10.0 Å². The summed E-state index contributed by atoms with van der Waals surface area (Å²) < 4.78 is 41.8. The minimum Gasteiger partial charge on any atom is -0.325 e. The average Bonchev–Trinajstić information content (AvgIpc) is 2.74. The van der Waals surface area contributed by atoms with E-state index in [9.17, 15) is 17.6 Å². The van der Waals surface area contributed by atoms with Crippen LogP contribution in [0.15, 0.2) is 83.8 Å². The van der Waals surface area contributed by atoms with E-state index in [4.69, 9.17) is 5.26 Å². The minimum atomic E-state index is -4.30. The van der Waals surface area contributed by atoms with Gasteiger partial charge in [0.05, 0.1) is 11.6 Å². The van der Waals surface area contributed by atoms with Crippen molar-refractivity contribution in [1.82, 2.24) is 4.72 Å². The molecule has 3 aromatic rings. The summed E-state index contributed by atoms with van der Waals surface area (Å²) in [6.07, 6.45) is 0.0539. The Bertz CT molecular complexity index is 1190. The van der Waals surface area contributed by atoms with Crippen molar-refractivity contribution in [2.45, 2.75) is 17.4 Å². The van der Waals surface area contributed by atoms with Crippen molar-refractivity contribution in [3.63, 3.8) is 0 Å². The number of carbonyl (C=O) groups excluding carboxylic acids is 1. The van der Waals surface area contributed by atoms with Gasteiger partial charge in [-0.15, -0.1) is 0 Å². The molecule has 1 atom stereocenters. The third-order valence-electron chi connectivity index (χ3n) is 4.28.